The Hall–Kier alpha value is -1.79. The van der Waals surface area contributed by atoms with Gasteiger partial charge in [0.05, 0.1) is 15.6 Å². The normalized spacial score (nSPS) is 11.3. The molecule has 0 aromatic heterocycles. The molecule has 0 fully saturated rings. The van der Waals surface area contributed by atoms with Gasteiger partial charge in [0.2, 0.25) is 0 Å². The summed E-state index contributed by atoms with van der Waals surface area (Å²) in [5.74, 6) is -0.544. The van der Waals surface area contributed by atoms with Crippen molar-refractivity contribution in [3.8, 4) is 0 Å². The van der Waals surface area contributed by atoms with E-state index in [-0.39, 0.29) is 15.6 Å². The van der Waals surface area contributed by atoms with Gasteiger partial charge in [0, 0.05) is 5.69 Å². The Bertz CT molecular complexity index is 763. The van der Waals surface area contributed by atoms with Crippen LogP contribution in [-0.4, -0.2) is 8.42 Å². The van der Waals surface area contributed by atoms with Gasteiger partial charge in [-0.3, -0.25) is 4.72 Å². The van der Waals surface area contributed by atoms with Gasteiger partial charge in [0.25, 0.3) is 10.0 Å². The van der Waals surface area contributed by atoms with Crippen molar-refractivity contribution < 1.29 is 12.8 Å². The van der Waals surface area contributed by atoms with Crippen LogP contribution in [0.2, 0.25) is 5.02 Å². The first kappa shape index (κ1) is 14.6. The zero-order valence-electron chi connectivity index (χ0n) is 10.5. The predicted octanol–water partition coefficient (Wildman–Crippen LogP) is 3.17. The summed E-state index contributed by atoms with van der Waals surface area (Å²) < 4.78 is 39.6. The zero-order chi connectivity index (χ0) is 14.9. The second-order valence-corrected chi connectivity index (χ2v) is 6.34. The van der Waals surface area contributed by atoms with E-state index < -0.39 is 15.8 Å². The Morgan fingerprint density at radius 2 is 1.90 bits per heavy atom. The Morgan fingerprint density at radius 1 is 1.20 bits per heavy atom. The van der Waals surface area contributed by atoms with Gasteiger partial charge in [-0.05, 0) is 42.8 Å². The molecule has 7 heteroatoms. The molecule has 0 amide bonds. The lowest BCUT2D eigenvalue weighted by atomic mass is 10.2. The van der Waals surface area contributed by atoms with Crippen molar-refractivity contribution in [1.29, 1.82) is 0 Å². The van der Waals surface area contributed by atoms with Crippen LogP contribution in [0.3, 0.4) is 0 Å². The first-order valence-corrected chi connectivity index (χ1v) is 7.50. The van der Waals surface area contributed by atoms with Crippen LogP contribution in [-0.2, 0) is 10.0 Å². The minimum absolute atomic E-state index is 0.0148. The number of sulfonamides is 1. The van der Waals surface area contributed by atoms with Crippen LogP contribution < -0.4 is 10.5 Å². The molecule has 0 aliphatic carbocycles. The average Bonchev–Trinajstić information content (AvgIpc) is 2.36. The second kappa shape index (κ2) is 5.30. The highest BCUT2D eigenvalue weighted by atomic mass is 35.5. The van der Waals surface area contributed by atoms with Crippen LogP contribution in [0.25, 0.3) is 0 Å². The van der Waals surface area contributed by atoms with E-state index in [1.165, 1.54) is 18.2 Å². The first-order chi connectivity index (χ1) is 9.29. The van der Waals surface area contributed by atoms with Crippen molar-refractivity contribution in [3.05, 3.63) is 52.8 Å². The molecule has 2 rings (SSSR count). The summed E-state index contributed by atoms with van der Waals surface area (Å²) in [7, 11) is -3.82. The third-order valence-corrected chi connectivity index (χ3v) is 4.41. The molecule has 0 aliphatic heterocycles. The largest absolute Gasteiger partial charge is 0.398 e. The molecular weight excluding hydrogens is 303 g/mol. The third-order valence-electron chi connectivity index (χ3n) is 2.74. The number of aryl methyl sites for hydroxylation is 1. The molecule has 0 atom stereocenters. The summed E-state index contributed by atoms with van der Waals surface area (Å²) >= 11 is 5.79. The van der Waals surface area contributed by atoms with E-state index in [2.05, 4.69) is 4.72 Å². The number of benzene rings is 2. The minimum atomic E-state index is -3.82. The lowest BCUT2D eigenvalue weighted by Gasteiger charge is -2.10. The standard InChI is InChI=1S/C13H12ClFN2O2S/c1-8-2-4-10(7-12(8)16)20(18,19)17-13-5-3-9(15)6-11(13)14/h2-7,17H,16H2,1H3. The van der Waals surface area contributed by atoms with Gasteiger partial charge < -0.3 is 5.73 Å². The van der Waals surface area contributed by atoms with Gasteiger partial charge in [-0.2, -0.15) is 0 Å². The van der Waals surface area contributed by atoms with E-state index in [0.29, 0.717) is 5.69 Å². The molecule has 0 radical (unpaired) electrons. The average molecular weight is 315 g/mol. The maximum Gasteiger partial charge on any atom is 0.262 e. The fraction of sp³-hybridized carbons (Fsp3) is 0.0769. The van der Waals surface area contributed by atoms with E-state index in [0.717, 1.165) is 17.7 Å². The number of nitrogen functional groups attached to an aromatic ring is 1. The molecule has 0 spiro atoms. The van der Waals surface area contributed by atoms with Crippen molar-refractivity contribution >= 4 is 33.0 Å². The summed E-state index contributed by atoms with van der Waals surface area (Å²) in [6.45, 7) is 1.77. The summed E-state index contributed by atoms with van der Waals surface area (Å²) in [5, 5.41) is -0.0198. The smallest absolute Gasteiger partial charge is 0.262 e. The first-order valence-electron chi connectivity index (χ1n) is 5.63. The van der Waals surface area contributed by atoms with Crippen molar-refractivity contribution in [2.75, 3.05) is 10.5 Å². The van der Waals surface area contributed by atoms with E-state index in [9.17, 15) is 12.8 Å². The summed E-state index contributed by atoms with van der Waals surface area (Å²) in [6.07, 6.45) is 0. The topological polar surface area (TPSA) is 72.2 Å². The molecule has 4 nitrogen and oxygen atoms in total. The molecule has 2 aromatic rings. The predicted molar refractivity (Wildman–Crippen MR) is 77.8 cm³/mol. The number of nitrogens with one attached hydrogen (secondary N) is 1. The molecule has 106 valence electrons. The Morgan fingerprint density at radius 3 is 2.50 bits per heavy atom. The highest BCUT2D eigenvalue weighted by molar-refractivity contribution is 7.92. The van der Waals surface area contributed by atoms with E-state index in [1.807, 2.05) is 0 Å². The summed E-state index contributed by atoms with van der Waals surface area (Å²) in [4.78, 5) is 0.0148. The van der Waals surface area contributed by atoms with Gasteiger partial charge in [0.1, 0.15) is 5.82 Å². The van der Waals surface area contributed by atoms with E-state index >= 15 is 0 Å². The molecule has 0 saturated heterocycles. The Labute approximate surface area is 121 Å². The van der Waals surface area contributed by atoms with Crippen molar-refractivity contribution in [3.63, 3.8) is 0 Å². The highest BCUT2D eigenvalue weighted by Crippen LogP contribution is 2.26. The molecule has 3 N–H and O–H groups in total. The van der Waals surface area contributed by atoms with Crippen LogP contribution in [0.1, 0.15) is 5.56 Å². The highest BCUT2D eigenvalue weighted by Gasteiger charge is 2.16. The third kappa shape index (κ3) is 3.02. The molecule has 0 saturated carbocycles. The van der Waals surface area contributed by atoms with Crippen LogP contribution in [0.15, 0.2) is 41.3 Å². The second-order valence-electron chi connectivity index (χ2n) is 4.25. The van der Waals surface area contributed by atoms with Crippen molar-refractivity contribution in [2.45, 2.75) is 11.8 Å². The summed E-state index contributed by atoms with van der Waals surface area (Å²) in [5.41, 5.74) is 6.95. The SMILES string of the molecule is Cc1ccc(S(=O)(=O)Nc2ccc(F)cc2Cl)cc1N. The van der Waals surface area contributed by atoms with Gasteiger partial charge in [-0.1, -0.05) is 17.7 Å². The molecule has 0 unspecified atom stereocenters. The summed E-state index contributed by atoms with van der Waals surface area (Å²) in [6, 6.07) is 7.81. The van der Waals surface area contributed by atoms with Crippen LogP contribution >= 0.6 is 11.6 Å². The molecule has 0 bridgehead atoms. The van der Waals surface area contributed by atoms with Gasteiger partial charge in [-0.15, -0.1) is 0 Å². The fourth-order valence-electron chi connectivity index (χ4n) is 1.56. The number of halogens is 2. The van der Waals surface area contributed by atoms with E-state index in [1.54, 1.807) is 13.0 Å². The number of hydrogen-bond acceptors (Lipinski definition) is 3. The molecule has 2 aromatic carbocycles. The fourth-order valence-corrected chi connectivity index (χ4v) is 2.95. The minimum Gasteiger partial charge on any atom is -0.398 e. The molecular formula is C13H12ClFN2O2S. The van der Waals surface area contributed by atoms with Gasteiger partial charge in [-0.25, -0.2) is 12.8 Å². The molecule has 0 aliphatic rings. The Kier molecular flexibility index (Phi) is 3.87. The van der Waals surface area contributed by atoms with Crippen LogP contribution in [0.4, 0.5) is 15.8 Å². The maximum absolute atomic E-state index is 12.9. The Balaban J connectivity index is 2.38. The van der Waals surface area contributed by atoms with Crippen molar-refractivity contribution in [2.24, 2.45) is 0 Å². The van der Waals surface area contributed by atoms with E-state index in [4.69, 9.17) is 17.3 Å². The lowest BCUT2D eigenvalue weighted by Crippen LogP contribution is -2.13. The lowest BCUT2D eigenvalue weighted by molar-refractivity contribution is 0.601. The number of rotatable bonds is 3. The van der Waals surface area contributed by atoms with Crippen LogP contribution in [0, 0.1) is 12.7 Å². The number of nitrogens with two attached hydrogens (primary N) is 1. The number of hydrogen-bond donors (Lipinski definition) is 2. The maximum atomic E-state index is 12.9. The van der Waals surface area contributed by atoms with Crippen molar-refractivity contribution in [1.82, 2.24) is 0 Å². The number of anilines is 2. The monoisotopic (exact) mass is 314 g/mol. The molecule has 0 heterocycles. The zero-order valence-corrected chi connectivity index (χ0v) is 12.1. The van der Waals surface area contributed by atoms with Crippen LogP contribution in [0.5, 0.6) is 0 Å². The quantitative estimate of drug-likeness (QED) is 0.855. The van der Waals surface area contributed by atoms with Gasteiger partial charge in [0.15, 0.2) is 0 Å². The molecule has 20 heavy (non-hydrogen) atoms. The van der Waals surface area contributed by atoms with Gasteiger partial charge >= 0.3 is 0 Å².